The molecule has 0 aromatic heterocycles. The molecule has 0 saturated carbocycles. The lowest BCUT2D eigenvalue weighted by molar-refractivity contribution is -0.142. The molecule has 0 aliphatic carbocycles. The fourth-order valence-corrected chi connectivity index (χ4v) is 1.50. The highest BCUT2D eigenvalue weighted by molar-refractivity contribution is 5.92. The van der Waals surface area contributed by atoms with E-state index in [1.54, 1.807) is 6.92 Å². The van der Waals surface area contributed by atoms with Gasteiger partial charge in [-0.3, -0.25) is 0 Å². The minimum Gasteiger partial charge on any atom is -0.452 e. The summed E-state index contributed by atoms with van der Waals surface area (Å²) in [6.45, 7) is 4.27. The van der Waals surface area contributed by atoms with Crippen molar-refractivity contribution in [3.8, 4) is 0 Å². The van der Waals surface area contributed by atoms with Gasteiger partial charge in [0, 0.05) is 11.1 Å². The molecule has 2 atom stereocenters. The minimum atomic E-state index is -0.180. The number of carbonyl (C=O) groups is 1. The number of hydrogen-bond acceptors (Lipinski definition) is 3. The first-order chi connectivity index (χ1) is 5.20. The van der Waals surface area contributed by atoms with Crippen molar-refractivity contribution in [2.75, 3.05) is 6.61 Å². The second-order valence-electron chi connectivity index (χ2n) is 2.99. The average Bonchev–Trinajstić information content (AvgIpc) is 2.43. The van der Waals surface area contributed by atoms with Gasteiger partial charge < -0.3 is 9.47 Å². The van der Waals surface area contributed by atoms with Crippen LogP contribution in [0.3, 0.4) is 0 Å². The lowest BCUT2D eigenvalue weighted by atomic mass is 10.1. The van der Waals surface area contributed by atoms with E-state index in [2.05, 4.69) is 0 Å². The van der Waals surface area contributed by atoms with Crippen molar-refractivity contribution in [2.24, 2.45) is 0 Å². The Morgan fingerprint density at radius 1 is 1.55 bits per heavy atom. The molecule has 0 aromatic rings. The maximum Gasteiger partial charge on any atom is 0.334 e. The van der Waals surface area contributed by atoms with E-state index in [0.29, 0.717) is 6.61 Å². The Labute approximate surface area is 65.0 Å². The number of hydrogen-bond donors (Lipinski definition) is 0. The molecular weight excluding hydrogens is 144 g/mol. The van der Waals surface area contributed by atoms with Crippen molar-refractivity contribution >= 4 is 5.97 Å². The van der Waals surface area contributed by atoms with Gasteiger partial charge in [0.25, 0.3) is 0 Å². The van der Waals surface area contributed by atoms with Gasteiger partial charge in [0.2, 0.25) is 0 Å². The highest BCUT2D eigenvalue weighted by Gasteiger charge is 2.40. The van der Waals surface area contributed by atoms with Crippen LogP contribution in [0, 0.1) is 0 Å². The summed E-state index contributed by atoms with van der Waals surface area (Å²) in [5, 5.41) is 0. The molecule has 2 aliphatic rings. The number of esters is 1. The molecule has 0 bridgehead atoms. The van der Waals surface area contributed by atoms with Crippen LogP contribution in [0.5, 0.6) is 0 Å². The monoisotopic (exact) mass is 154 g/mol. The van der Waals surface area contributed by atoms with Crippen LogP contribution in [0.4, 0.5) is 0 Å². The Hall–Kier alpha value is -0.830. The third-order valence-electron chi connectivity index (χ3n) is 2.29. The van der Waals surface area contributed by atoms with Crippen LogP contribution < -0.4 is 0 Å². The maximum absolute atomic E-state index is 11.0. The number of fused-ring (bicyclic) bond motifs is 1. The summed E-state index contributed by atoms with van der Waals surface area (Å²) in [6, 6.07) is 0. The van der Waals surface area contributed by atoms with Crippen LogP contribution in [0.15, 0.2) is 11.1 Å². The summed E-state index contributed by atoms with van der Waals surface area (Å²) >= 11 is 0. The van der Waals surface area contributed by atoms with E-state index in [9.17, 15) is 4.79 Å². The first-order valence-electron chi connectivity index (χ1n) is 3.72. The zero-order valence-corrected chi connectivity index (χ0v) is 6.59. The molecule has 0 spiro atoms. The van der Waals surface area contributed by atoms with Crippen molar-refractivity contribution in [2.45, 2.75) is 26.1 Å². The van der Waals surface area contributed by atoms with Crippen LogP contribution in [0.25, 0.3) is 0 Å². The third kappa shape index (κ3) is 0.807. The van der Waals surface area contributed by atoms with Crippen LogP contribution in [-0.4, -0.2) is 24.8 Å². The molecule has 3 nitrogen and oxygen atoms in total. The van der Waals surface area contributed by atoms with Crippen molar-refractivity contribution in [3.63, 3.8) is 0 Å². The molecule has 11 heavy (non-hydrogen) atoms. The molecule has 2 aliphatic heterocycles. The topological polar surface area (TPSA) is 35.5 Å². The van der Waals surface area contributed by atoms with E-state index in [4.69, 9.17) is 9.47 Å². The molecule has 0 amide bonds. The average molecular weight is 154 g/mol. The Morgan fingerprint density at radius 3 is 2.91 bits per heavy atom. The first-order valence-corrected chi connectivity index (χ1v) is 3.72. The SMILES string of the molecule is CC1=C2CO[C@@H](C)[C@@H]2OC1=O. The summed E-state index contributed by atoms with van der Waals surface area (Å²) in [4.78, 5) is 11.0. The van der Waals surface area contributed by atoms with E-state index in [1.807, 2.05) is 6.92 Å². The molecule has 1 saturated heterocycles. The Bertz CT molecular complexity index is 242. The lowest BCUT2D eigenvalue weighted by Crippen LogP contribution is -2.20. The molecule has 1 fully saturated rings. The second kappa shape index (κ2) is 2.08. The van der Waals surface area contributed by atoms with Gasteiger partial charge >= 0.3 is 5.97 Å². The summed E-state index contributed by atoms with van der Waals surface area (Å²) < 4.78 is 10.4. The van der Waals surface area contributed by atoms with Crippen molar-refractivity contribution in [1.82, 2.24) is 0 Å². The predicted molar refractivity (Wildman–Crippen MR) is 38.0 cm³/mol. The normalized spacial score (nSPS) is 36.0. The Morgan fingerprint density at radius 2 is 2.27 bits per heavy atom. The van der Waals surface area contributed by atoms with Crippen molar-refractivity contribution in [3.05, 3.63) is 11.1 Å². The quantitative estimate of drug-likeness (QED) is 0.480. The van der Waals surface area contributed by atoms with Gasteiger partial charge in [-0.2, -0.15) is 0 Å². The zero-order chi connectivity index (χ0) is 8.01. The third-order valence-corrected chi connectivity index (χ3v) is 2.29. The minimum absolute atomic E-state index is 0.0337. The molecule has 2 rings (SSSR count). The van der Waals surface area contributed by atoms with E-state index in [-0.39, 0.29) is 18.2 Å². The predicted octanol–water partition coefficient (Wildman–Crippen LogP) is 0.647. The van der Waals surface area contributed by atoms with Gasteiger partial charge in [0.1, 0.15) is 0 Å². The van der Waals surface area contributed by atoms with Crippen LogP contribution in [0.1, 0.15) is 13.8 Å². The highest BCUT2D eigenvalue weighted by atomic mass is 16.6. The maximum atomic E-state index is 11.0. The van der Waals surface area contributed by atoms with Crippen molar-refractivity contribution < 1.29 is 14.3 Å². The molecule has 0 N–H and O–H groups in total. The Balaban J connectivity index is 2.36. The largest absolute Gasteiger partial charge is 0.452 e. The molecule has 2 heterocycles. The number of ether oxygens (including phenoxy) is 2. The summed E-state index contributed by atoms with van der Waals surface area (Å²) in [7, 11) is 0. The van der Waals surface area contributed by atoms with E-state index < -0.39 is 0 Å². The van der Waals surface area contributed by atoms with Crippen LogP contribution in [-0.2, 0) is 14.3 Å². The standard InChI is InChI=1S/C8H10O3/c1-4-6-3-10-5(2)7(6)11-8(4)9/h5,7H,3H2,1-2H3/t5-,7-/m0/s1. The number of rotatable bonds is 0. The molecular formula is C8H10O3. The molecule has 3 heteroatoms. The summed E-state index contributed by atoms with van der Waals surface area (Å²) in [5.41, 5.74) is 1.77. The summed E-state index contributed by atoms with van der Waals surface area (Å²) in [5.74, 6) is -0.180. The van der Waals surface area contributed by atoms with Gasteiger partial charge in [-0.05, 0) is 13.8 Å². The molecule has 0 aromatic carbocycles. The number of carbonyl (C=O) groups excluding carboxylic acids is 1. The van der Waals surface area contributed by atoms with Gasteiger partial charge in [-0.25, -0.2) is 4.79 Å². The van der Waals surface area contributed by atoms with Crippen LogP contribution in [0.2, 0.25) is 0 Å². The van der Waals surface area contributed by atoms with Gasteiger partial charge in [0.15, 0.2) is 6.10 Å². The van der Waals surface area contributed by atoms with E-state index in [0.717, 1.165) is 11.1 Å². The summed E-state index contributed by atoms with van der Waals surface area (Å²) in [6.07, 6.45) is -0.0612. The molecule has 0 unspecified atom stereocenters. The zero-order valence-electron chi connectivity index (χ0n) is 6.59. The van der Waals surface area contributed by atoms with Crippen LogP contribution >= 0.6 is 0 Å². The smallest absolute Gasteiger partial charge is 0.334 e. The Kier molecular flexibility index (Phi) is 1.29. The second-order valence-corrected chi connectivity index (χ2v) is 2.99. The van der Waals surface area contributed by atoms with Gasteiger partial charge in [0.05, 0.1) is 12.7 Å². The fourth-order valence-electron chi connectivity index (χ4n) is 1.50. The van der Waals surface area contributed by atoms with Crippen molar-refractivity contribution in [1.29, 1.82) is 0 Å². The molecule has 0 radical (unpaired) electrons. The highest BCUT2D eigenvalue weighted by Crippen LogP contribution is 2.31. The molecule has 60 valence electrons. The van der Waals surface area contributed by atoms with Gasteiger partial charge in [-0.15, -0.1) is 0 Å². The first kappa shape index (κ1) is 6.85. The van der Waals surface area contributed by atoms with Gasteiger partial charge in [-0.1, -0.05) is 0 Å². The lowest BCUT2D eigenvalue weighted by Gasteiger charge is -2.09. The fraction of sp³-hybridized carbons (Fsp3) is 0.625. The van der Waals surface area contributed by atoms with E-state index in [1.165, 1.54) is 0 Å². The van der Waals surface area contributed by atoms with E-state index >= 15 is 0 Å².